The van der Waals surface area contributed by atoms with Crippen molar-refractivity contribution < 1.29 is 14.3 Å². The van der Waals surface area contributed by atoms with Gasteiger partial charge in [-0.1, -0.05) is 36.4 Å². The van der Waals surface area contributed by atoms with E-state index in [1.165, 1.54) is 0 Å². The van der Waals surface area contributed by atoms with Crippen LogP contribution in [0.15, 0.2) is 48.5 Å². The lowest BCUT2D eigenvalue weighted by Crippen LogP contribution is -2.48. The smallest absolute Gasteiger partial charge is 0.244 e. The zero-order valence-electron chi connectivity index (χ0n) is 14.7. The van der Waals surface area contributed by atoms with E-state index in [0.717, 1.165) is 11.1 Å². The van der Waals surface area contributed by atoms with E-state index in [0.29, 0.717) is 24.7 Å². The van der Waals surface area contributed by atoms with Crippen LogP contribution in [0.2, 0.25) is 0 Å². The Hall–Kier alpha value is -2.24. The second-order valence-electron chi connectivity index (χ2n) is 5.67. The summed E-state index contributed by atoms with van der Waals surface area (Å²) in [4.78, 5) is 12.5. The van der Waals surface area contributed by atoms with Crippen molar-refractivity contribution in [2.75, 3.05) is 13.7 Å². The van der Waals surface area contributed by atoms with Gasteiger partial charge in [0.15, 0.2) is 11.5 Å². The second-order valence-corrected chi connectivity index (χ2v) is 5.67. The van der Waals surface area contributed by atoms with E-state index >= 15 is 0 Å². The Morgan fingerprint density at radius 1 is 1.16 bits per heavy atom. The van der Waals surface area contributed by atoms with E-state index in [1.54, 1.807) is 14.0 Å². The molecule has 0 bridgehead atoms. The summed E-state index contributed by atoms with van der Waals surface area (Å²) in [6.07, 6.45) is 0. The molecule has 1 amide bonds. The van der Waals surface area contributed by atoms with Gasteiger partial charge in [0, 0.05) is 6.54 Å². The lowest BCUT2D eigenvalue weighted by atomic mass is 9.92. The largest absolute Gasteiger partial charge is 0.493 e. The number of hydrogen-bond donors (Lipinski definition) is 2. The molecule has 0 spiro atoms. The van der Waals surface area contributed by atoms with Gasteiger partial charge in [0.1, 0.15) is 5.54 Å². The molecule has 0 aliphatic carbocycles. The minimum Gasteiger partial charge on any atom is -0.493 e. The molecule has 5 nitrogen and oxygen atoms in total. The van der Waals surface area contributed by atoms with Crippen LogP contribution in [0, 0.1) is 0 Å². The number of rotatable bonds is 7. The fourth-order valence-corrected chi connectivity index (χ4v) is 2.38. The zero-order chi connectivity index (χ0) is 17.6. The maximum atomic E-state index is 12.5. The maximum Gasteiger partial charge on any atom is 0.244 e. The number of nitrogens with one attached hydrogen (secondary N) is 1. The molecule has 0 fully saturated rings. The minimum absolute atomic E-state index is 0. The van der Waals surface area contributed by atoms with E-state index in [9.17, 15) is 4.79 Å². The molecule has 0 radical (unpaired) electrons. The van der Waals surface area contributed by atoms with E-state index in [-0.39, 0.29) is 18.3 Å². The third-order valence-electron chi connectivity index (χ3n) is 3.83. The number of halogens is 1. The average Bonchev–Trinajstić information content (AvgIpc) is 2.61. The quantitative estimate of drug-likeness (QED) is 0.792. The highest BCUT2D eigenvalue weighted by Gasteiger charge is 2.29. The van der Waals surface area contributed by atoms with Crippen LogP contribution in [0.5, 0.6) is 11.5 Å². The van der Waals surface area contributed by atoms with Crippen LogP contribution in [0.25, 0.3) is 0 Å². The zero-order valence-corrected chi connectivity index (χ0v) is 15.6. The number of benzene rings is 2. The summed E-state index contributed by atoms with van der Waals surface area (Å²) < 4.78 is 10.8. The summed E-state index contributed by atoms with van der Waals surface area (Å²) in [5.74, 6) is 1.09. The van der Waals surface area contributed by atoms with E-state index in [2.05, 4.69) is 5.32 Å². The average molecular weight is 365 g/mol. The van der Waals surface area contributed by atoms with Gasteiger partial charge in [-0.15, -0.1) is 12.4 Å². The van der Waals surface area contributed by atoms with Crippen molar-refractivity contribution in [3.05, 3.63) is 59.7 Å². The van der Waals surface area contributed by atoms with Gasteiger partial charge in [-0.05, 0) is 37.1 Å². The fourth-order valence-electron chi connectivity index (χ4n) is 2.38. The topological polar surface area (TPSA) is 73.6 Å². The molecule has 1 atom stereocenters. The van der Waals surface area contributed by atoms with Crippen molar-refractivity contribution in [2.45, 2.75) is 25.9 Å². The second kappa shape index (κ2) is 9.30. The number of nitrogens with two attached hydrogens (primary N) is 1. The summed E-state index contributed by atoms with van der Waals surface area (Å²) in [7, 11) is 1.59. The molecule has 0 aliphatic rings. The highest BCUT2D eigenvalue weighted by Crippen LogP contribution is 2.28. The Balaban J connectivity index is 0.00000312. The summed E-state index contributed by atoms with van der Waals surface area (Å²) in [5, 5.41) is 2.88. The maximum absolute atomic E-state index is 12.5. The van der Waals surface area contributed by atoms with Crippen LogP contribution in [-0.4, -0.2) is 19.6 Å². The Labute approximate surface area is 154 Å². The van der Waals surface area contributed by atoms with Crippen molar-refractivity contribution >= 4 is 18.3 Å². The number of carbonyl (C=O) groups is 1. The first-order chi connectivity index (χ1) is 11.5. The number of hydrogen-bond acceptors (Lipinski definition) is 4. The highest BCUT2D eigenvalue weighted by molar-refractivity contribution is 5.87. The molecule has 6 heteroatoms. The normalized spacial score (nSPS) is 12.5. The van der Waals surface area contributed by atoms with Crippen molar-refractivity contribution in [1.82, 2.24) is 5.32 Å². The predicted octanol–water partition coefficient (Wildman–Crippen LogP) is 3.01. The third-order valence-corrected chi connectivity index (χ3v) is 3.83. The Kier molecular flexibility index (Phi) is 7.74. The predicted molar refractivity (Wildman–Crippen MR) is 101 cm³/mol. The molecular formula is C19H25ClN2O3. The summed E-state index contributed by atoms with van der Waals surface area (Å²) in [5.41, 5.74) is 6.80. The Morgan fingerprint density at radius 2 is 1.84 bits per heavy atom. The van der Waals surface area contributed by atoms with Gasteiger partial charge < -0.3 is 20.5 Å². The molecule has 1 unspecified atom stereocenters. The first-order valence-corrected chi connectivity index (χ1v) is 7.91. The van der Waals surface area contributed by atoms with Gasteiger partial charge >= 0.3 is 0 Å². The number of amides is 1. The van der Waals surface area contributed by atoms with Crippen LogP contribution in [-0.2, 0) is 16.9 Å². The van der Waals surface area contributed by atoms with Gasteiger partial charge in [0.2, 0.25) is 5.91 Å². The minimum atomic E-state index is -1.09. The molecule has 0 saturated heterocycles. The van der Waals surface area contributed by atoms with E-state index < -0.39 is 5.54 Å². The van der Waals surface area contributed by atoms with Crippen molar-refractivity contribution in [1.29, 1.82) is 0 Å². The molecule has 0 aromatic heterocycles. The van der Waals surface area contributed by atoms with Crippen LogP contribution in [0.4, 0.5) is 0 Å². The summed E-state index contributed by atoms with van der Waals surface area (Å²) in [6, 6.07) is 14.9. The molecular weight excluding hydrogens is 340 g/mol. The molecule has 2 rings (SSSR count). The molecule has 0 heterocycles. The summed E-state index contributed by atoms with van der Waals surface area (Å²) in [6.45, 7) is 4.55. The third kappa shape index (κ3) is 5.11. The highest BCUT2D eigenvalue weighted by atomic mass is 35.5. The van der Waals surface area contributed by atoms with Crippen LogP contribution >= 0.6 is 12.4 Å². The van der Waals surface area contributed by atoms with Gasteiger partial charge in [0.25, 0.3) is 0 Å². The van der Waals surface area contributed by atoms with Gasteiger partial charge in [0.05, 0.1) is 13.7 Å². The van der Waals surface area contributed by atoms with Gasteiger partial charge in [-0.25, -0.2) is 0 Å². The Morgan fingerprint density at radius 3 is 2.44 bits per heavy atom. The van der Waals surface area contributed by atoms with Crippen molar-refractivity contribution in [3.63, 3.8) is 0 Å². The lowest BCUT2D eigenvalue weighted by Gasteiger charge is -2.24. The standard InChI is InChI=1S/C19H24N2O3.ClH/c1-4-24-16-11-10-14(12-17(16)23-3)13-21-18(22)19(2,20)15-8-6-5-7-9-15;/h5-12H,4,13,20H2,1-3H3,(H,21,22);1H. The number of methoxy groups -OCH3 is 1. The molecule has 2 aromatic carbocycles. The van der Waals surface area contributed by atoms with Crippen LogP contribution in [0.3, 0.4) is 0 Å². The van der Waals surface area contributed by atoms with E-state index in [1.807, 2.05) is 55.5 Å². The fraction of sp³-hybridized carbons (Fsp3) is 0.316. The summed E-state index contributed by atoms with van der Waals surface area (Å²) >= 11 is 0. The molecule has 0 aliphatic heterocycles. The molecule has 2 aromatic rings. The SMILES string of the molecule is CCOc1ccc(CNC(=O)C(C)(N)c2ccccc2)cc1OC.Cl. The monoisotopic (exact) mass is 364 g/mol. The number of carbonyl (C=O) groups excluding carboxylic acids is 1. The van der Waals surface area contributed by atoms with E-state index in [4.69, 9.17) is 15.2 Å². The van der Waals surface area contributed by atoms with Crippen LogP contribution in [0.1, 0.15) is 25.0 Å². The number of ether oxygens (including phenoxy) is 2. The lowest BCUT2D eigenvalue weighted by molar-refractivity contribution is -0.126. The molecule has 0 saturated carbocycles. The molecule has 25 heavy (non-hydrogen) atoms. The molecule has 3 N–H and O–H groups in total. The first-order valence-electron chi connectivity index (χ1n) is 7.91. The van der Waals surface area contributed by atoms with Crippen molar-refractivity contribution in [3.8, 4) is 11.5 Å². The molecule has 136 valence electrons. The first kappa shape index (κ1) is 20.8. The van der Waals surface area contributed by atoms with Crippen molar-refractivity contribution in [2.24, 2.45) is 5.73 Å². The Bertz CT molecular complexity index is 690. The van der Waals surface area contributed by atoms with Gasteiger partial charge in [-0.2, -0.15) is 0 Å². The van der Waals surface area contributed by atoms with Crippen LogP contribution < -0.4 is 20.5 Å². The van der Waals surface area contributed by atoms with Gasteiger partial charge in [-0.3, -0.25) is 4.79 Å².